The van der Waals surface area contributed by atoms with Gasteiger partial charge in [0, 0.05) is 13.1 Å². The van der Waals surface area contributed by atoms with Crippen molar-refractivity contribution in [2.24, 2.45) is 45.9 Å². The number of likely N-dealkylation sites (tertiary alicyclic amines) is 1. The summed E-state index contributed by atoms with van der Waals surface area (Å²) in [5, 5.41) is 75.5. The standard InChI is InChI=1S/C62H101N15O19.C2HF3O2/c1-13-32(8)41-55(89)74-42(33(9)79)54(88)67-27-40(80)72-44(47(82)49(63)83)57(91)71-38(28-78)59(93)95-48(34-19-15-14-16-20-34)45(76-52(86)37(26-30(4)5)69-53(87)39-22-18-24-77(39)61(94)96-62(10,11)12)58(92)75-43(46(81)31(6)7)56(90)70-36(25-29(2)3)51(85)68-35(50(84)73-41)21-17-23-66-60(64)65;3-2(4,5)1(6)7/h14-16,19-20,29-33,35-39,41-48,78-79,81-82H,13,17-18,21-28H2,1-12H3,(H2,63,83)(H,67,88)(H,68,85)(H,69,87)(H,70,90)(H,71,91)(H,72,80)(H,73,84)(H,74,89)(H,75,92)(H,76,86)(H4,64,65,66);(H,6,7)/t32-,33-,35+,36-,37-,38-,39-,41?,42?,43-,44-,45-,46+,47-,48+;/m0./s1. The van der Waals surface area contributed by atoms with E-state index in [0.29, 0.717) is 6.42 Å². The average molecular weight is 1470 g/mol. The number of nitrogens with zero attached hydrogens (tertiary/aromatic N) is 2. The van der Waals surface area contributed by atoms with E-state index in [1.807, 2.05) is 10.6 Å². The first kappa shape index (κ1) is 89.6. The lowest BCUT2D eigenvalue weighted by molar-refractivity contribution is -0.192. The normalized spacial score (nSPS) is 24.3. The van der Waals surface area contributed by atoms with Gasteiger partial charge in [-0.1, -0.05) is 92.1 Å². The molecule has 3 rings (SSSR count). The van der Waals surface area contributed by atoms with Crippen molar-refractivity contribution >= 4 is 89.0 Å². The molecule has 0 saturated carbocycles. The molecule has 0 radical (unpaired) electrons. The van der Waals surface area contributed by atoms with E-state index in [2.05, 4.69) is 47.5 Å². The van der Waals surface area contributed by atoms with Crippen LogP contribution in [0.4, 0.5) is 18.0 Å². The number of carboxylic acids is 1. The van der Waals surface area contributed by atoms with E-state index in [9.17, 15) is 86.3 Å². The van der Waals surface area contributed by atoms with Crippen LogP contribution in [0.3, 0.4) is 0 Å². The maximum absolute atomic E-state index is 15.5. The SMILES string of the molecule is CC[C@H](C)C1NC(=O)[C@@H](CCCN=C(N)N)NC(=O)[C@H](CC(C)C)NC(=O)[C@H]([C@H](O)C(C)C)NC(=O)[C@@H](NC(=O)[C@H](CC(C)C)NC(=O)[C@@H]2CCCN2C(=O)OC(C)(C)C)[C@@H](c2ccccc2)OC(=O)[C@H](CO)NC(=O)[C@H]([C@H](O)C(N)=O)NC(=O)CNC(=O)C([C@H](C)O)NC1=O.O=C(O)C(F)(F)F. The second-order valence-corrected chi connectivity index (χ2v) is 27.0. The molecular weight excluding hydrogens is 1370 g/mol. The van der Waals surface area contributed by atoms with Gasteiger partial charge in [-0.3, -0.25) is 62.6 Å². The summed E-state index contributed by atoms with van der Waals surface area (Å²) in [6.07, 6.45) is -13.8. The van der Waals surface area contributed by atoms with Gasteiger partial charge in [-0.15, -0.1) is 0 Å². The molecule has 103 heavy (non-hydrogen) atoms. The molecule has 2 fully saturated rings. The Kier molecular flexibility index (Phi) is 36.2. The molecule has 2 aliphatic rings. The number of esters is 1. The Labute approximate surface area is 593 Å². The topological polar surface area (TPSA) is 573 Å². The van der Waals surface area contributed by atoms with Gasteiger partial charge in [0.15, 0.2) is 24.2 Å². The van der Waals surface area contributed by atoms with Crippen LogP contribution in [-0.4, -0.2) is 236 Å². The van der Waals surface area contributed by atoms with Gasteiger partial charge in [0.2, 0.25) is 65.0 Å². The fraction of sp³-hybridized carbons (Fsp3) is 0.672. The van der Waals surface area contributed by atoms with Crippen molar-refractivity contribution in [3.8, 4) is 0 Å². The van der Waals surface area contributed by atoms with E-state index < -0.39 is 211 Å². The number of nitrogens with one attached hydrogen (secondary N) is 10. The summed E-state index contributed by atoms with van der Waals surface area (Å²) in [6, 6.07) is -11.1. The Morgan fingerprint density at radius 1 is 0.718 bits per heavy atom. The molecule has 2 unspecified atom stereocenters. The van der Waals surface area contributed by atoms with Gasteiger partial charge in [0.1, 0.15) is 60.0 Å². The summed E-state index contributed by atoms with van der Waals surface area (Å²) in [7, 11) is 0. The van der Waals surface area contributed by atoms with Gasteiger partial charge in [0.25, 0.3) is 0 Å². The number of hydrogen-bond donors (Lipinski definition) is 18. The van der Waals surface area contributed by atoms with Crippen LogP contribution < -0.4 is 70.4 Å². The number of aliphatic hydroxyl groups is 4. The summed E-state index contributed by atoms with van der Waals surface area (Å²) >= 11 is 0. The molecule has 36 nitrogen and oxygen atoms in total. The number of carbonyl (C=O) groups excluding carboxylic acids is 13. The number of aliphatic carboxylic acids is 1. The third-order valence-corrected chi connectivity index (χ3v) is 15.8. The van der Waals surface area contributed by atoms with Gasteiger partial charge < -0.3 is 105 Å². The van der Waals surface area contributed by atoms with E-state index >= 15 is 9.59 Å². The monoisotopic (exact) mass is 1470 g/mol. The lowest BCUT2D eigenvalue weighted by atomic mass is 9.95. The largest absolute Gasteiger partial charge is 0.490 e. The number of benzene rings is 1. The molecule has 580 valence electrons. The summed E-state index contributed by atoms with van der Waals surface area (Å²) < 4.78 is 43.3. The van der Waals surface area contributed by atoms with E-state index in [1.54, 1.807) is 62.3 Å². The number of guanidine groups is 1. The minimum Gasteiger partial charge on any atom is -0.475 e. The van der Waals surface area contributed by atoms with Gasteiger partial charge in [-0.05, 0) is 95.5 Å². The first-order valence-corrected chi connectivity index (χ1v) is 33.3. The van der Waals surface area contributed by atoms with Crippen molar-refractivity contribution < 1.29 is 115 Å². The van der Waals surface area contributed by atoms with Crippen LogP contribution in [0, 0.1) is 23.7 Å². The first-order chi connectivity index (χ1) is 47.8. The highest BCUT2D eigenvalue weighted by atomic mass is 19.4. The number of rotatable bonds is 21. The predicted octanol–water partition coefficient (Wildman–Crippen LogP) is -3.78. The fourth-order valence-corrected chi connectivity index (χ4v) is 10.2. The number of aliphatic hydroxyl groups excluding tert-OH is 4. The van der Waals surface area contributed by atoms with Gasteiger partial charge in [0.05, 0.1) is 25.4 Å². The quantitative estimate of drug-likeness (QED) is 0.0243. The fourth-order valence-electron chi connectivity index (χ4n) is 10.2. The second kappa shape index (κ2) is 41.6. The summed E-state index contributed by atoms with van der Waals surface area (Å²) in [5.74, 6) is -20.3. The first-order valence-electron chi connectivity index (χ1n) is 33.3. The number of ether oxygens (including phenoxy) is 2. The molecule has 0 aromatic heterocycles. The van der Waals surface area contributed by atoms with Crippen molar-refractivity contribution in [1.29, 1.82) is 0 Å². The molecule has 2 aliphatic heterocycles. The van der Waals surface area contributed by atoms with Crippen LogP contribution in [0.15, 0.2) is 35.3 Å². The maximum atomic E-state index is 15.5. The molecule has 2 heterocycles. The molecule has 39 heteroatoms. The number of alkyl halides is 3. The van der Waals surface area contributed by atoms with E-state index in [-0.39, 0.29) is 69.1 Å². The number of amides is 12. The molecule has 0 spiro atoms. The van der Waals surface area contributed by atoms with Gasteiger partial charge >= 0.3 is 24.2 Å². The van der Waals surface area contributed by atoms with Crippen LogP contribution in [0.1, 0.15) is 140 Å². The van der Waals surface area contributed by atoms with E-state index in [1.165, 1.54) is 49.1 Å². The highest BCUT2D eigenvalue weighted by Gasteiger charge is 2.45. The Morgan fingerprint density at radius 2 is 1.26 bits per heavy atom. The van der Waals surface area contributed by atoms with Crippen LogP contribution in [0.25, 0.3) is 0 Å². The number of cyclic esters (lactones) is 1. The van der Waals surface area contributed by atoms with Crippen molar-refractivity contribution in [3.05, 3.63) is 35.9 Å². The maximum Gasteiger partial charge on any atom is 0.490 e. The van der Waals surface area contributed by atoms with E-state index in [0.717, 1.165) is 6.92 Å². The highest BCUT2D eigenvalue weighted by Crippen LogP contribution is 2.26. The average Bonchev–Trinajstić information content (AvgIpc) is 1.12. The molecule has 1 aromatic carbocycles. The molecule has 0 bridgehead atoms. The Balaban J connectivity index is 0.00000487. The van der Waals surface area contributed by atoms with Crippen molar-refractivity contribution in [2.45, 2.75) is 225 Å². The number of carbonyl (C=O) groups is 14. The summed E-state index contributed by atoms with van der Waals surface area (Å²) in [4.78, 5) is 199. The van der Waals surface area contributed by atoms with Crippen LogP contribution >= 0.6 is 0 Å². The number of nitrogens with two attached hydrogens (primary N) is 3. The Bertz CT molecular complexity index is 3140. The van der Waals surface area contributed by atoms with Crippen molar-refractivity contribution in [3.63, 3.8) is 0 Å². The molecule has 2 saturated heterocycles. The molecule has 0 aliphatic carbocycles. The third kappa shape index (κ3) is 29.8. The second-order valence-electron chi connectivity index (χ2n) is 27.0. The van der Waals surface area contributed by atoms with Crippen LogP contribution in [-0.2, 0) is 71.8 Å². The number of primary amides is 1. The smallest absolute Gasteiger partial charge is 0.475 e. The zero-order valence-corrected chi connectivity index (χ0v) is 59.6. The minimum absolute atomic E-state index is 0.0343. The molecule has 1 aromatic rings. The van der Waals surface area contributed by atoms with E-state index in [4.69, 9.17) is 36.6 Å². The zero-order valence-electron chi connectivity index (χ0n) is 59.6. The predicted molar refractivity (Wildman–Crippen MR) is 358 cm³/mol. The zero-order chi connectivity index (χ0) is 78.7. The highest BCUT2D eigenvalue weighted by molar-refractivity contribution is 6.00. The molecule has 15 atom stereocenters. The van der Waals surface area contributed by atoms with Gasteiger partial charge in [-0.25, -0.2) is 14.4 Å². The van der Waals surface area contributed by atoms with Crippen LogP contribution in [0.5, 0.6) is 0 Å². The number of aliphatic imine (C=N–C) groups is 1. The number of hydrogen-bond acceptors (Lipinski definition) is 21. The molecular formula is C64H102F3N15O21. The van der Waals surface area contributed by atoms with Crippen molar-refractivity contribution in [1.82, 2.24) is 58.1 Å². The number of carboxylic acid groups (broad SMARTS) is 1. The summed E-state index contributed by atoms with van der Waals surface area (Å²) in [6.45, 7) is 16.6. The Morgan fingerprint density at radius 3 is 1.78 bits per heavy atom. The molecule has 12 amide bonds. The minimum atomic E-state index is -5.08. The third-order valence-electron chi connectivity index (χ3n) is 15.8. The lowest BCUT2D eigenvalue weighted by Crippen LogP contribution is -2.64. The van der Waals surface area contributed by atoms with Crippen molar-refractivity contribution in [2.75, 3.05) is 26.2 Å². The lowest BCUT2D eigenvalue weighted by Gasteiger charge is -2.34. The Hall–Kier alpha value is -9.50. The summed E-state index contributed by atoms with van der Waals surface area (Å²) in [5.41, 5.74) is 15.4. The molecule has 21 N–H and O–H groups in total. The van der Waals surface area contributed by atoms with Gasteiger partial charge in [-0.2, -0.15) is 13.2 Å². The number of halogens is 3. The van der Waals surface area contributed by atoms with Crippen LogP contribution in [0.2, 0.25) is 0 Å².